The molecule has 0 unspecified atom stereocenters. The van der Waals surface area contributed by atoms with Gasteiger partial charge in [0, 0.05) is 12.5 Å². The van der Waals surface area contributed by atoms with Gasteiger partial charge in [0.2, 0.25) is 5.91 Å². The number of nitrogens with one attached hydrogen (secondary N) is 1. The molecule has 5 aliphatic rings. The Morgan fingerprint density at radius 2 is 1.61 bits per heavy atom. The molecule has 33 heavy (non-hydrogen) atoms. The molecule has 4 fully saturated rings. The average molecular weight is 447 g/mol. The Kier molecular flexibility index (Phi) is 4.34. The van der Waals surface area contributed by atoms with Crippen molar-refractivity contribution in [2.75, 3.05) is 13.2 Å². The van der Waals surface area contributed by atoms with Crippen LogP contribution in [0.25, 0.3) is 11.1 Å². The van der Waals surface area contributed by atoms with Gasteiger partial charge in [0.05, 0.1) is 0 Å². The minimum absolute atomic E-state index is 0.0581. The Bertz CT molecular complexity index is 1120. The fourth-order valence-corrected chi connectivity index (χ4v) is 6.26. The van der Waals surface area contributed by atoms with Crippen LogP contribution in [0.3, 0.4) is 0 Å². The normalized spacial score (nSPS) is 25.9. The highest BCUT2D eigenvalue weighted by atomic mass is 16.5. The van der Waals surface area contributed by atoms with Crippen molar-refractivity contribution in [1.29, 1.82) is 0 Å². The van der Waals surface area contributed by atoms with Gasteiger partial charge in [-0.1, -0.05) is 48.5 Å². The van der Waals surface area contributed by atoms with Crippen LogP contribution in [0.5, 0.6) is 0 Å². The number of hydrogen-bond donors (Lipinski definition) is 2. The number of benzene rings is 2. The maximum Gasteiger partial charge on any atom is 0.408 e. The SMILES string of the molecule is O=C(NC1(C(=O)N2CC3CC2(C(=O)O)C3)CCC1)OCC1c2ccccc2-c2ccccc21. The zero-order valence-corrected chi connectivity index (χ0v) is 18.3. The highest BCUT2D eigenvalue weighted by Crippen LogP contribution is 2.52. The quantitative estimate of drug-likeness (QED) is 0.733. The maximum absolute atomic E-state index is 13.4. The van der Waals surface area contributed by atoms with E-state index in [-0.39, 0.29) is 24.3 Å². The molecule has 2 saturated heterocycles. The number of carbonyl (C=O) groups is 3. The third-order valence-corrected chi connectivity index (χ3v) is 8.15. The second-order valence-corrected chi connectivity index (χ2v) is 9.91. The van der Waals surface area contributed by atoms with Crippen LogP contribution in [0.1, 0.15) is 49.1 Å². The number of rotatable bonds is 5. The number of ether oxygens (including phenoxy) is 1. The summed E-state index contributed by atoms with van der Waals surface area (Å²) in [5.41, 5.74) is 2.41. The predicted molar refractivity (Wildman–Crippen MR) is 120 cm³/mol. The zero-order chi connectivity index (χ0) is 22.8. The van der Waals surface area contributed by atoms with Crippen LogP contribution in [-0.4, -0.2) is 52.2 Å². The minimum Gasteiger partial charge on any atom is -0.479 e. The number of carboxylic acid groups (broad SMARTS) is 1. The van der Waals surface area contributed by atoms with E-state index >= 15 is 0 Å². The van der Waals surface area contributed by atoms with E-state index in [1.807, 2.05) is 24.3 Å². The molecule has 2 amide bonds. The molecule has 2 heterocycles. The predicted octanol–water partition coefficient (Wildman–Crippen LogP) is 3.52. The lowest BCUT2D eigenvalue weighted by atomic mass is 9.71. The molecule has 0 spiro atoms. The molecule has 7 rings (SSSR count). The molecule has 0 radical (unpaired) electrons. The van der Waals surface area contributed by atoms with E-state index in [1.165, 1.54) is 4.90 Å². The van der Waals surface area contributed by atoms with Crippen molar-refractivity contribution >= 4 is 18.0 Å². The summed E-state index contributed by atoms with van der Waals surface area (Å²) in [6, 6.07) is 16.3. The van der Waals surface area contributed by atoms with Crippen LogP contribution in [-0.2, 0) is 14.3 Å². The minimum atomic E-state index is -1.09. The van der Waals surface area contributed by atoms with Crippen LogP contribution in [0.4, 0.5) is 4.79 Å². The topological polar surface area (TPSA) is 95.9 Å². The van der Waals surface area contributed by atoms with Crippen molar-refractivity contribution in [3.63, 3.8) is 0 Å². The van der Waals surface area contributed by atoms with Crippen molar-refractivity contribution in [2.45, 2.75) is 49.1 Å². The maximum atomic E-state index is 13.4. The van der Waals surface area contributed by atoms with E-state index in [9.17, 15) is 19.5 Å². The first-order valence-electron chi connectivity index (χ1n) is 11.6. The molecular weight excluding hydrogens is 420 g/mol. The van der Waals surface area contributed by atoms with Crippen molar-refractivity contribution < 1.29 is 24.2 Å². The van der Waals surface area contributed by atoms with Gasteiger partial charge in [-0.05, 0) is 60.3 Å². The third-order valence-electron chi connectivity index (χ3n) is 8.15. The van der Waals surface area contributed by atoms with Gasteiger partial charge in [-0.15, -0.1) is 0 Å². The Hall–Kier alpha value is -3.35. The second kappa shape index (κ2) is 7.07. The Morgan fingerprint density at radius 1 is 1.00 bits per heavy atom. The highest BCUT2D eigenvalue weighted by Gasteiger charge is 2.65. The number of carbonyl (C=O) groups excluding carboxylic acids is 2. The van der Waals surface area contributed by atoms with Gasteiger partial charge >= 0.3 is 12.1 Å². The van der Waals surface area contributed by atoms with Crippen LogP contribution in [0.2, 0.25) is 0 Å². The molecule has 0 atom stereocenters. The number of aliphatic carboxylic acids is 1. The van der Waals surface area contributed by atoms with E-state index in [4.69, 9.17) is 4.74 Å². The Balaban J connectivity index is 1.16. The lowest BCUT2D eigenvalue weighted by molar-refractivity contribution is -0.162. The number of nitrogens with zero attached hydrogens (tertiary/aromatic N) is 1. The molecule has 2 N–H and O–H groups in total. The highest BCUT2D eigenvalue weighted by molar-refractivity contribution is 5.96. The summed E-state index contributed by atoms with van der Waals surface area (Å²) in [6.45, 7) is 0.633. The second-order valence-electron chi connectivity index (χ2n) is 9.91. The number of carboxylic acids is 1. The van der Waals surface area contributed by atoms with E-state index in [0.717, 1.165) is 28.7 Å². The molecule has 7 heteroatoms. The van der Waals surface area contributed by atoms with E-state index in [0.29, 0.717) is 32.2 Å². The summed E-state index contributed by atoms with van der Waals surface area (Å²) in [6.07, 6.45) is 2.22. The fourth-order valence-electron chi connectivity index (χ4n) is 6.26. The molecule has 2 aliphatic heterocycles. The zero-order valence-electron chi connectivity index (χ0n) is 18.3. The molecule has 0 aromatic heterocycles. The van der Waals surface area contributed by atoms with Crippen molar-refractivity contribution in [1.82, 2.24) is 10.2 Å². The lowest BCUT2D eigenvalue weighted by Gasteiger charge is -2.46. The van der Waals surface area contributed by atoms with E-state index in [2.05, 4.69) is 29.6 Å². The first kappa shape index (κ1) is 20.3. The van der Waals surface area contributed by atoms with Crippen LogP contribution in [0, 0.1) is 5.92 Å². The molecule has 2 aromatic rings. The van der Waals surface area contributed by atoms with Gasteiger partial charge in [-0.2, -0.15) is 0 Å². The summed E-state index contributed by atoms with van der Waals surface area (Å²) in [4.78, 5) is 39.6. The smallest absolute Gasteiger partial charge is 0.408 e. The summed E-state index contributed by atoms with van der Waals surface area (Å²) >= 11 is 0. The summed E-state index contributed by atoms with van der Waals surface area (Å²) in [5.74, 6) is -1.03. The number of hydrogen-bond acceptors (Lipinski definition) is 4. The number of fused-ring (bicyclic) bond motifs is 4. The summed E-state index contributed by atoms with van der Waals surface area (Å²) in [5, 5.41) is 12.6. The Morgan fingerprint density at radius 3 is 2.15 bits per heavy atom. The fraction of sp³-hybridized carbons (Fsp3) is 0.423. The van der Waals surface area contributed by atoms with Gasteiger partial charge in [0.25, 0.3) is 0 Å². The van der Waals surface area contributed by atoms with Gasteiger partial charge in [0.15, 0.2) is 0 Å². The number of alkyl carbamates (subject to hydrolysis) is 1. The van der Waals surface area contributed by atoms with Crippen molar-refractivity contribution in [3.8, 4) is 11.1 Å². The molecule has 170 valence electrons. The molecule has 2 aromatic carbocycles. The van der Waals surface area contributed by atoms with Crippen LogP contribution >= 0.6 is 0 Å². The monoisotopic (exact) mass is 446 g/mol. The third kappa shape index (κ3) is 2.84. The first-order chi connectivity index (χ1) is 15.9. The molecular formula is C26H26N2O5. The van der Waals surface area contributed by atoms with Gasteiger partial charge in [-0.3, -0.25) is 4.79 Å². The van der Waals surface area contributed by atoms with Gasteiger partial charge in [0.1, 0.15) is 17.7 Å². The average Bonchev–Trinajstić information content (AvgIpc) is 3.43. The van der Waals surface area contributed by atoms with E-state index < -0.39 is 23.1 Å². The summed E-state index contributed by atoms with van der Waals surface area (Å²) in [7, 11) is 0. The molecule has 2 bridgehead atoms. The Labute approximate surface area is 191 Å². The van der Waals surface area contributed by atoms with Crippen molar-refractivity contribution in [3.05, 3.63) is 59.7 Å². The standard InChI is InChI=1S/C26H26N2O5/c29-22(28-14-16-12-26(28,13-16)23(30)31)25(10-5-11-25)27-24(32)33-15-21-19-8-3-1-6-17(19)18-7-2-4-9-20(18)21/h1-4,6-9,16,21H,5,10-15H2,(H,27,32)(H,30,31). The first-order valence-corrected chi connectivity index (χ1v) is 11.6. The van der Waals surface area contributed by atoms with Crippen molar-refractivity contribution in [2.24, 2.45) is 5.92 Å². The molecule has 3 aliphatic carbocycles. The molecule has 7 nitrogen and oxygen atoms in total. The number of amides is 2. The van der Waals surface area contributed by atoms with Crippen LogP contribution in [0.15, 0.2) is 48.5 Å². The molecule has 2 saturated carbocycles. The summed E-state index contributed by atoms with van der Waals surface area (Å²) < 4.78 is 5.66. The van der Waals surface area contributed by atoms with E-state index in [1.54, 1.807) is 0 Å². The van der Waals surface area contributed by atoms with Crippen LogP contribution < -0.4 is 5.32 Å². The largest absolute Gasteiger partial charge is 0.479 e. The van der Waals surface area contributed by atoms with Gasteiger partial charge < -0.3 is 20.1 Å². The lowest BCUT2D eigenvalue weighted by Crippen LogP contribution is -2.67. The van der Waals surface area contributed by atoms with Gasteiger partial charge in [-0.25, -0.2) is 9.59 Å².